The van der Waals surface area contributed by atoms with E-state index in [2.05, 4.69) is 76.3 Å². The first-order valence-corrected chi connectivity index (χ1v) is 12.3. The molecule has 35 heavy (non-hydrogen) atoms. The third-order valence-electron chi connectivity index (χ3n) is 7.90. The molecular formula is C31H24FN3. The van der Waals surface area contributed by atoms with E-state index in [1.54, 1.807) is 12.1 Å². The Kier molecular flexibility index (Phi) is 4.47. The number of allylic oxidation sites excluding steroid dienone is 10. The summed E-state index contributed by atoms with van der Waals surface area (Å²) in [6.45, 7) is 0. The molecule has 1 saturated heterocycles. The topological polar surface area (TPSA) is 32.0 Å². The molecule has 170 valence electrons. The lowest BCUT2D eigenvalue weighted by atomic mass is 9.83. The average molecular weight is 458 g/mol. The summed E-state index contributed by atoms with van der Waals surface area (Å²) in [5.74, 6) is 0.321. The molecule has 1 aliphatic heterocycles. The Morgan fingerprint density at radius 3 is 2.60 bits per heavy atom. The van der Waals surface area contributed by atoms with Crippen LogP contribution in [0.2, 0.25) is 0 Å². The van der Waals surface area contributed by atoms with E-state index in [1.165, 1.54) is 5.70 Å². The molecule has 0 spiro atoms. The van der Waals surface area contributed by atoms with Crippen molar-refractivity contribution in [3.63, 3.8) is 0 Å². The number of benzene rings is 2. The highest BCUT2D eigenvalue weighted by Crippen LogP contribution is 2.50. The highest BCUT2D eigenvalue weighted by atomic mass is 19.1. The smallest absolute Gasteiger partial charge is 0.125 e. The van der Waals surface area contributed by atoms with Gasteiger partial charge in [0.1, 0.15) is 5.82 Å². The molecule has 1 fully saturated rings. The molecule has 4 unspecified atom stereocenters. The normalized spacial score (nSPS) is 26.6. The van der Waals surface area contributed by atoms with Crippen molar-refractivity contribution < 1.29 is 4.39 Å². The maximum absolute atomic E-state index is 14.6. The minimum Gasteiger partial charge on any atom is -0.337 e. The highest BCUT2D eigenvalue weighted by molar-refractivity contribution is 6.16. The molecule has 2 aromatic carbocycles. The lowest BCUT2D eigenvalue weighted by Crippen LogP contribution is -2.30. The second-order valence-corrected chi connectivity index (χ2v) is 9.67. The van der Waals surface area contributed by atoms with Crippen molar-refractivity contribution in [2.75, 3.05) is 4.90 Å². The van der Waals surface area contributed by atoms with Crippen LogP contribution in [0.5, 0.6) is 0 Å². The van der Waals surface area contributed by atoms with Gasteiger partial charge >= 0.3 is 0 Å². The maximum Gasteiger partial charge on any atom is 0.125 e. The second-order valence-electron chi connectivity index (χ2n) is 9.67. The summed E-state index contributed by atoms with van der Waals surface area (Å²) < 4.78 is 16.7. The predicted molar refractivity (Wildman–Crippen MR) is 140 cm³/mol. The van der Waals surface area contributed by atoms with Gasteiger partial charge in [-0.1, -0.05) is 54.7 Å². The van der Waals surface area contributed by atoms with E-state index < -0.39 is 0 Å². The molecule has 2 heterocycles. The molecule has 3 aromatic rings. The zero-order valence-electron chi connectivity index (χ0n) is 19.2. The van der Waals surface area contributed by atoms with Crippen molar-refractivity contribution in [3.8, 4) is 6.07 Å². The molecule has 3 nitrogen and oxygen atoms in total. The fourth-order valence-corrected chi connectivity index (χ4v) is 6.43. The summed E-state index contributed by atoms with van der Waals surface area (Å²) in [6, 6.07) is 14.1. The van der Waals surface area contributed by atoms with Gasteiger partial charge in [-0.05, 0) is 55.3 Å². The number of hydrogen-bond donors (Lipinski definition) is 0. The largest absolute Gasteiger partial charge is 0.337 e. The summed E-state index contributed by atoms with van der Waals surface area (Å²) in [5.41, 5.74) is 5.18. The van der Waals surface area contributed by atoms with Crippen molar-refractivity contribution in [3.05, 3.63) is 109 Å². The first kappa shape index (κ1) is 20.3. The number of fused-ring (bicyclic) bond motifs is 6. The summed E-state index contributed by atoms with van der Waals surface area (Å²) in [7, 11) is 0. The van der Waals surface area contributed by atoms with Crippen LogP contribution in [0, 0.1) is 34.9 Å². The molecule has 3 aliphatic carbocycles. The van der Waals surface area contributed by atoms with Crippen molar-refractivity contribution in [2.24, 2.45) is 17.8 Å². The zero-order valence-corrected chi connectivity index (χ0v) is 19.2. The molecular weight excluding hydrogens is 433 g/mol. The van der Waals surface area contributed by atoms with Gasteiger partial charge in [0.2, 0.25) is 0 Å². The fourth-order valence-electron chi connectivity index (χ4n) is 6.43. The van der Waals surface area contributed by atoms with Crippen molar-refractivity contribution >= 4 is 33.2 Å². The Labute approximate surface area is 203 Å². The average Bonchev–Trinajstić information content (AvgIpc) is 3.41. The van der Waals surface area contributed by atoms with E-state index in [-0.39, 0.29) is 17.8 Å². The lowest BCUT2D eigenvalue weighted by molar-refractivity contribution is 0.492. The number of anilines is 1. The minimum absolute atomic E-state index is 0.240. The SMILES string of the molecule is N#CC1CC=CC=C1n1c2cc(F)ccc2c2c(N3C4=CC=CCC4C4C=CC=CC43)cccc21. The van der Waals surface area contributed by atoms with Crippen molar-refractivity contribution in [2.45, 2.75) is 18.9 Å². The molecule has 1 aromatic heterocycles. The lowest BCUT2D eigenvalue weighted by Gasteiger charge is -2.29. The van der Waals surface area contributed by atoms with Crippen LogP contribution in [0.3, 0.4) is 0 Å². The van der Waals surface area contributed by atoms with Gasteiger partial charge < -0.3 is 9.47 Å². The van der Waals surface area contributed by atoms with Gasteiger partial charge in [-0.3, -0.25) is 0 Å². The second kappa shape index (κ2) is 7.71. The Hall–Kier alpha value is -4.10. The molecule has 4 aliphatic rings. The maximum atomic E-state index is 14.6. The number of rotatable bonds is 2. The van der Waals surface area contributed by atoms with E-state index in [9.17, 15) is 9.65 Å². The van der Waals surface area contributed by atoms with Crippen LogP contribution in [0.4, 0.5) is 10.1 Å². The first-order chi connectivity index (χ1) is 17.3. The summed E-state index contributed by atoms with van der Waals surface area (Å²) in [4.78, 5) is 2.49. The van der Waals surface area contributed by atoms with E-state index in [0.717, 1.165) is 39.6 Å². The number of halogens is 1. The van der Waals surface area contributed by atoms with Crippen LogP contribution < -0.4 is 4.90 Å². The quantitative estimate of drug-likeness (QED) is 0.405. The molecule has 0 N–H and O–H groups in total. The highest BCUT2D eigenvalue weighted by Gasteiger charge is 2.44. The zero-order chi connectivity index (χ0) is 23.5. The Bertz CT molecular complexity index is 1600. The fraction of sp³-hybridized carbons (Fsp3) is 0.194. The van der Waals surface area contributed by atoms with E-state index in [0.29, 0.717) is 18.3 Å². The molecule has 4 atom stereocenters. The van der Waals surface area contributed by atoms with Gasteiger partial charge in [0.15, 0.2) is 0 Å². The van der Waals surface area contributed by atoms with Crippen molar-refractivity contribution in [1.82, 2.24) is 4.57 Å². The van der Waals surface area contributed by atoms with Gasteiger partial charge in [-0.25, -0.2) is 4.39 Å². The van der Waals surface area contributed by atoms with Crippen LogP contribution >= 0.6 is 0 Å². The number of nitrogens with zero attached hydrogens (tertiary/aromatic N) is 3. The third-order valence-corrected chi connectivity index (χ3v) is 7.90. The van der Waals surface area contributed by atoms with Crippen LogP contribution in [-0.2, 0) is 0 Å². The van der Waals surface area contributed by atoms with Crippen LogP contribution in [0.15, 0.2) is 103 Å². The van der Waals surface area contributed by atoms with E-state index in [4.69, 9.17) is 0 Å². The van der Waals surface area contributed by atoms with E-state index in [1.807, 2.05) is 24.3 Å². The summed E-state index contributed by atoms with van der Waals surface area (Å²) >= 11 is 0. The molecule has 0 amide bonds. The number of nitriles is 1. The van der Waals surface area contributed by atoms with Crippen LogP contribution in [0.1, 0.15) is 12.8 Å². The molecule has 0 saturated carbocycles. The van der Waals surface area contributed by atoms with Gasteiger partial charge in [0.05, 0.1) is 34.7 Å². The van der Waals surface area contributed by atoms with Gasteiger partial charge in [-0.15, -0.1) is 0 Å². The Morgan fingerprint density at radius 2 is 1.71 bits per heavy atom. The van der Waals surface area contributed by atoms with Gasteiger partial charge in [-0.2, -0.15) is 5.26 Å². The molecule has 0 radical (unpaired) electrons. The van der Waals surface area contributed by atoms with Gasteiger partial charge in [0.25, 0.3) is 0 Å². The standard InChI is InChI=1S/C31H24FN3/c32-21-16-17-24-30(18-21)34(25-11-4-1-8-20(25)19-33)28-14-7-15-29(31(24)28)35-26-12-5-2-9-22(26)23-10-3-6-13-27(23)35/h1-7,9,11-18,20,22-23,26H,8,10H2. The molecule has 0 bridgehead atoms. The Morgan fingerprint density at radius 1 is 0.886 bits per heavy atom. The number of hydrogen-bond acceptors (Lipinski definition) is 2. The monoisotopic (exact) mass is 457 g/mol. The predicted octanol–water partition coefficient (Wildman–Crippen LogP) is 7.26. The van der Waals surface area contributed by atoms with E-state index >= 15 is 0 Å². The number of aromatic nitrogens is 1. The van der Waals surface area contributed by atoms with Gasteiger partial charge in [0, 0.05) is 34.0 Å². The molecule has 7 rings (SSSR count). The summed E-state index contributed by atoms with van der Waals surface area (Å²) in [5, 5.41) is 12.0. The Balaban J connectivity index is 1.54. The summed E-state index contributed by atoms with van der Waals surface area (Å²) in [6.07, 6.45) is 23.4. The first-order valence-electron chi connectivity index (χ1n) is 12.3. The minimum atomic E-state index is -0.274. The molecule has 4 heteroatoms. The van der Waals surface area contributed by atoms with Crippen LogP contribution in [0.25, 0.3) is 27.5 Å². The van der Waals surface area contributed by atoms with Crippen LogP contribution in [-0.4, -0.2) is 10.6 Å². The van der Waals surface area contributed by atoms with Crippen molar-refractivity contribution in [1.29, 1.82) is 5.26 Å². The third kappa shape index (κ3) is 2.88.